The molecule has 0 radical (unpaired) electrons. The highest BCUT2D eigenvalue weighted by atomic mass is 16.1. The van der Waals surface area contributed by atoms with Gasteiger partial charge in [-0.2, -0.15) is 0 Å². The monoisotopic (exact) mass is 115 g/mol. The van der Waals surface area contributed by atoms with E-state index in [-0.39, 0.29) is 12.3 Å². The first-order valence-corrected chi connectivity index (χ1v) is 2.50. The van der Waals surface area contributed by atoms with Crippen LogP contribution in [0, 0.1) is 0 Å². The van der Waals surface area contributed by atoms with Crippen molar-refractivity contribution in [2.75, 3.05) is 6.54 Å². The minimum absolute atomic E-state index is 0.0529. The van der Waals surface area contributed by atoms with Gasteiger partial charge in [-0.15, -0.1) is 0 Å². The molecule has 0 aromatic heterocycles. The molecule has 0 aliphatic carbocycles. The summed E-state index contributed by atoms with van der Waals surface area (Å²) in [5.41, 5.74) is 0. The Morgan fingerprint density at radius 3 is 2.75 bits per heavy atom. The average Bonchev–Trinajstić information content (AvgIpc) is 1.83. The second-order valence-electron chi connectivity index (χ2n) is 1.39. The summed E-state index contributed by atoms with van der Waals surface area (Å²) in [6.07, 6.45) is 1.01. The molecule has 3 nitrogen and oxygen atoms in total. The van der Waals surface area contributed by atoms with Gasteiger partial charge in [-0.3, -0.25) is 9.59 Å². The standard InChI is InChI=1S/C5H9NO2/c1-2-5(8)3-6-4-7/h4H,2-3H2,1H3,(H,6,7). The molecule has 0 heterocycles. The van der Waals surface area contributed by atoms with Crippen molar-refractivity contribution >= 4 is 12.2 Å². The van der Waals surface area contributed by atoms with E-state index < -0.39 is 0 Å². The van der Waals surface area contributed by atoms with Crippen molar-refractivity contribution in [2.24, 2.45) is 0 Å². The normalized spacial score (nSPS) is 8.12. The molecule has 1 N–H and O–H groups in total. The Hall–Kier alpha value is -0.860. The van der Waals surface area contributed by atoms with Gasteiger partial charge in [0.2, 0.25) is 6.41 Å². The highest BCUT2D eigenvalue weighted by molar-refractivity contribution is 5.81. The quantitative estimate of drug-likeness (QED) is 0.512. The van der Waals surface area contributed by atoms with Crippen LogP contribution in [-0.4, -0.2) is 18.7 Å². The van der Waals surface area contributed by atoms with Crippen molar-refractivity contribution in [3.05, 3.63) is 0 Å². The molecular formula is C5H9NO2. The zero-order valence-electron chi connectivity index (χ0n) is 4.81. The fourth-order valence-corrected chi connectivity index (χ4v) is 0.281. The van der Waals surface area contributed by atoms with Crippen molar-refractivity contribution in [3.8, 4) is 0 Å². The Labute approximate surface area is 48.1 Å². The van der Waals surface area contributed by atoms with Crippen molar-refractivity contribution in [2.45, 2.75) is 13.3 Å². The van der Waals surface area contributed by atoms with E-state index in [1.165, 1.54) is 0 Å². The molecule has 0 aliphatic heterocycles. The van der Waals surface area contributed by atoms with Crippen LogP contribution >= 0.6 is 0 Å². The van der Waals surface area contributed by atoms with Gasteiger partial charge >= 0.3 is 0 Å². The number of hydrogen-bond acceptors (Lipinski definition) is 2. The van der Waals surface area contributed by atoms with Crippen LogP contribution in [0.4, 0.5) is 0 Å². The lowest BCUT2D eigenvalue weighted by Crippen LogP contribution is -2.20. The van der Waals surface area contributed by atoms with E-state index in [1.54, 1.807) is 6.92 Å². The van der Waals surface area contributed by atoms with Gasteiger partial charge in [-0.1, -0.05) is 6.92 Å². The SMILES string of the molecule is CCC(=O)CNC=O. The van der Waals surface area contributed by atoms with Gasteiger partial charge in [0.15, 0.2) is 5.78 Å². The third-order valence-corrected chi connectivity index (χ3v) is 0.777. The Bertz CT molecular complexity index is 90.4. The van der Waals surface area contributed by atoms with Crippen LogP contribution in [-0.2, 0) is 9.59 Å². The lowest BCUT2D eigenvalue weighted by molar-refractivity contribution is -0.120. The van der Waals surface area contributed by atoms with E-state index in [2.05, 4.69) is 5.32 Å². The molecule has 0 spiro atoms. The molecule has 0 bridgehead atoms. The van der Waals surface area contributed by atoms with Crippen LogP contribution in [0.1, 0.15) is 13.3 Å². The van der Waals surface area contributed by atoms with E-state index in [9.17, 15) is 9.59 Å². The lowest BCUT2D eigenvalue weighted by Gasteiger charge is -1.91. The molecule has 0 saturated carbocycles. The van der Waals surface area contributed by atoms with E-state index in [4.69, 9.17) is 0 Å². The smallest absolute Gasteiger partial charge is 0.207 e. The fourth-order valence-electron chi connectivity index (χ4n) is 0.281. The molecule has 0 unspecified atom stereocenters. The van der Waals surface area contributed by atoms with Gasteiger partial charge in [-0.25, -0.2) is 0 Å². The molecule has 0 aromatic carbocycles. The molecule has 0 fully saturated rings. The van der Waals surface area contributed by atoms with Gasteiger partial charge in [0.05, 0.1) is 6.54 Å². The Kier molecular flexibility index (Phi) is 3.84. The number of ketones is 1. The number of carbonyl (C=O) groups excluding carboxylic acids is 2. The lowest BCUT2D eigenvalue weighted by atomic mass is 10.3. The Morgan fingerprint density at radius 1 is 1.75 bits per heavy atom. The van der Waals surface area contributed by atoms with Crippen molar-refractivity contribution < 1.29 is 9.59 Å². The third-order valence-electron chi connectivity index (χ3n) is 0.777. The Balaban J connectivity index is 3.11. The zero-order valence-corrected chi connectivity index (χ0v) is 4.81. The molecule has 0 aromatic rings. The maximum Gasteiger partial charge on any atom is 0.207 e. The summed E-state index contributed by atoms with van der Waals surface area (Å²) >= 11 is 0. The minimum Gasteiger partial charge on any atom is -0.352 e. The number of nitrogens with one attached hydrogen (secondary N) is 1. The molecule has 8 heavy (non-hydrogen) atoms. The van der Waals surface area contributed by atoms with Gasteiger partial charge in [0.25, 0.3) is 0 Å². The highest BCUT2D eigenvalue weighted by Crippen LogP contribution is 1.74. The maximum absolute atomic E-state index is 10.3. The van der Waals surface area contributed by atoms with Crippen molar-refractivity contribution in [1.29, 1.82) is 0 Å². The summed E-state index contributed by atoms with van der Waals surface area (Å²) < 4.78 is 0. The van der Waals surface area contributed by atoms with Crippen LogP contribution in [0.25, 0.3) is 0 Å². The molecule has 0 saturated heterocycles. The van der Waals surface area contributed by atoms with Gasteiger partial charge in [0, 0.05) is 6.42 Å². The summed E-state index contributed by atoms with van der Waals surface area (Å²) in [5, 5.41) is 2.27. The molecule has 0 aliphatic rings. The van der Waals surface area contributed by atoms with Crippen molar-refractivity contribution in [3.63, 3.8) is 0 Å². The minimum atomic E-state index is 0.0529. The number of amides is 1. The van der Waals surface area contributed by atoms with Crippen LogP contribution in [0.3, 0.4) is 0 Å². The van der Waals surface area contributed by atoms with Crippen LogP contribution in [0.5, 0.6) is 0 Å². The molecule has 3 heteroatoms. The second-order valence-corrected chi connectivity index (χ2v) is 1.39. The fraction of sp³-hybridized carbons (Fsp3) is 0.600. The number of Topliss-reactive ketones (excluding diaryl/α,β-unsaturated/α-hetero) is 1. The molecule has 0 rings (SSSR count). The summed E-state index contributed by atoms with van der Waals surface area (Å²) in [4.78, 5) is 19.9. The largest absolute Gasteiger partial charge is 0.352 e. The first-order valence-electron chi connectivity index (χ1n) is 2.50. The summed E-state index contributed by atoms with van der Waals surface area (Å²) in [5.74, 6) is 0.0529. The van der Waals surface area contributed by atoms with E-state index in [0.29, 0.717) is 12.8 Å². The summed E-state index contributed by atoms with van der Waals surface area (Å²) in [6.45, 7) is 1.93. The average molecular weight is 115 g/mol. The topological polar surface area (TPSA) is 46.2 Å². The molecule has 0 atom stereocenters. The number of hydrogen-bond donors (Lipinski definition) is 1. The summed E-state index contributed by atoms with van der Waals surface area (Å²) in [6, 6.07) is 0. The highest BCUT2D eigenvalue weighted by Gasteiger charge is 1.92. The predicted octanol–water partition coefficient (Wildman–Crippen LogP) is -0.289. The predicted molar refractivity (Wildman–Crippen MR) is 29.4 cm³/mol. The van der Waals surface area contributed by atoms with Crippen LogP contribution < -0.4 is 5.32 Å². The molecule has 46 valence electrons. The second kappa shape index (κ2) is 4.30. The van der Waals surface area contributed by atoms with E-state index in [1.807, 2.05) is 0 Å². The zero-order chi connectivity index (χ0) is 6.41. The first-order chi connectivity index (χ1) is 3.81. The molecular weight excluding hydrogens is 106 g/mol. The van der Waals surface area contributed by atoms with E-state index >= 15 is 0 Å². The number of carbonyl (C=O) groups is 2. The number of rotatable bonds is 4. The maximum atomic E-state index is 10.3. The Morgan fingerprint density at radius 2 is 2.38 bits per heavy atom. The van der Waals surface area contributed by atoms with Crippen LogP contribution in [0.15, 0.2) is 0 Å². The van der Waals surface area contributed by atoms with E-state index in [0.717, 1.165) is 0 Å². The summed E-state index contributed by atoms with van der Waals surface area (Å²) in [7, 11) is 0. The van der Waals surface area contributed by atoms with Gasteiger partial charge in [0.1, 0.15) is 0 Å². The third kappa shape index (κ3) is 3.33. The first kappa shape index (κ1) is 7.14. The van der Waals surface area contributed by atoms with Crippen molar-refractivity contribution in [1.82, 2.24) is 5.32 Å². The van der Waals surface area contributed by atoms with Gasteiger partial charge in [-0.05, 0) is 0 Å². The van der Waals surface area contributed by atoms with Crippen LogP contribution in [0.2, 0.25) is 0 Å². The molecule has 1 amide bonds. The van der Waals surface area contributed by atoms with Gasteiger partial charge < -0.3 is 5.32 Å².